The van der Waals surface area contributed by atoms with Crippen LogP contribution in [0.2, 0.25) is 0 Å². The molecular formula is C47H52N3O13+. The fourth-order valence-corrected chi connectivity index (χ4v) is 8.97. The number of aryl methyl sites for hydroxylation is 2. The number of esters is 1. The highest BCUT2D eigenvalue weighted by Gasteiger charge is 2.52. The average Bonchev–Trinajstić information content (AvgIpc) is 3.85. The van der Waals surface area contributed by atoms with E-state index < -0.39 is 61.2 Å². The van der Waals surface area contributed by atoms with Crippen LogP contribution in [-0.4, -0.2) is 106 Å². The molecule has 4 aromatic rings. The Labute approximate surface area is 362 Å². The summed E-state index contributed by atoms with van der Waals surface area (Å²) in [4.78, 5) is 50.9. The lowest BCUT2D eigenvalue weighted by atomic mass is 9.91. The number of aliphatic imine (C=N–C) groups is 1. The van der Waals surface area contributed by atoms with Crippen LogP contribution < -0.4 is 20.5 Å². The number of hydrogen-bond acceptors (Lipinski definition) is 14. The first-order chi connectivity index (χ1) is 30.4. The summed E-state index contributed by atoms with van der Waals surface area (Å²) in [5, 5.41) is 57.2. The Hall–Kier alpha value is -5.72. The van der Waals surface area contributed by atoms with Crippen LogP contribution in [0.15, 0.2) is 98.5 Å². The molecule has 0 spiro atoms. The third-order valence-corrected chi connectivity index (χ3v) is 12.1. The Morgan fingerprint density at radius 2 is 1.71 bits per heavy atom. The molecule has 1 saturated heterocycles. The van der Waals surface area contributed by atoms with Crippen molar-refractivity contribution in [1.29, 1.82) is 0 Å². The van der Waals surface area contributed by atoms with Crippen molar-refractivity contribution in [2.75, 3.05) is 19.8 Å². The van der Waals surface area contributed by atoms with Gasteiger partial charge in [-0.25, -0.2) is 4.99 Å². The van der Waals surface area contributed by atoms with Gasteiger partial charge in [0.1, 0.15) is 60.5 Å². The fraction of sp³-hybridized carbons (Fsp3) is 0.404. The largest absolute Gasteiger partial charge is 0.508 e. The number of allylic oxidation sites excluding steroid dienone is 1. The van der Waals surface area contributed by atoms with Gasteiger partial charge in [-0.1, -0.05) is 48.6 Å². The SMILES string of the molecule is Cc1cc(C)cc(C2=C3N=CC=C3C[NH+]2O[C@@H]2[C@@H](Oc3ccc4c(=O)c(-c5ccc(O)cc5)coc4c3)O[C@@H](COC(=O)[C@H](C(=O)O)[C@H](CCO)NC3CCCCC3)[C@H](O)[C@H]2O)c1. The Bertz CT molecular complexity index is 2470. The van der Waals surface area contributed by atoms with Crippen molar-refractivity contribution >= 4 is 34.8 Å². The summed E-state index contributed by atoms with van der Waals surface area (Å²) in [5.74, 6) is -4.03. The Morgan fingerprint density at radius 1 is 0.968 bits per heavy atom. The number of quaternary nitrogens is 1. The first-order valence-corrected chi connectivity index (χ1v) is 21.3. The van der Waals surface area contributed by atoms with Crippen LogP contribution in [0.25, 0.3) is 27.8 Å². The lowest BCUT2D eigenvalue weighted by Crippen LogP contribution is -3.08. The number of aliphatic hydroxyl groups is 3. The van der Waals surface area contributed by atoms with Gasteiger partial charge in [0.2, 0.25) is 12.4 Å². The molecule has 7 N–H and O–H groups in total. The molecule has 1 aliphatic carbocycles. The summed E-state index contributed by atoms with van der Waals surface area (Å²) in [6, 6.07) is 15.7. The number of carboxylic acids is 1. The van der Waals surface area contributed by atoms with Crippen LogP contribution in [0.4, 0.5) is 0 Å². The molecule has 3 aromatic carbocycles. The molecule has 4 heterocycles. The van der Waals surface area contributed by atoms with Gasteiger partial charge in [-0.05, 0) is 81.1 Å². The number of aliphatic carboxylic acids is 1. The second kappa shape index (κ2) is 18.9. The number of aromatic hydroxyl groups is 1. The van der Waals surface area contributed by atoms with Gasteiger partial charge in [-0.3, -0.25) is 14.4 Å². The van der Waals surface area contributed by atoms with Gasteiger partial charge < -0.3 is 49.5 Å². The van der Waals surface area contributed by atoms with Crippen LogP contribution in [0, 0.1) is 19.8 Å². The zero-order valence-corrected chi connectivity index (χ0v) is 34.9. The summed E-state index contributed by atoms with van der Waals surface area (Å²) >= 11 is 0. The maximum absolute atomic E-state index is 13.6. The molecule has 16 heteroatoms. The van der Waals surface area contributed by atoms with Crippen molar-refractivity contribution in [1.82, 2.24) is 5.32 Å². The quantitative estimate of drug-likeness (QED) is 0.0673. The normalized spacial score (nSPS) is 24.6. The molecule has 3 aliphatic heterocycles. The minimum Gasteiger partial charge on any atom is -0.508 e. The van der Waals surface area contributed by atoms with Crippen LogP contribution >= 0.6 is 0 Å². The summed E-state index contributed by atoms with van der Waals surface area (Å²) in [5.41, 5.74) is 5.85. The number of phenols is 1. The number of nitrogens with one attached hydrogen (secondary N) is 2. The van der Waals surface area contributed by atoms with E-state index in [-0.39, 0.29) is 52.5 Å². The van der Waals surface area contributed by atoms with Crippen molar-refractivity contribution in [2.24, 2.45) is 10.9 Å². The van der Waals surface area contributed by atoms with E-state index in [1.807, 2.05) is 38.1 Å². The summed E-state index contributed by atoms with van der Waals surface area (Å²) in [6.07, 6.45) is 1.82. The van der Waals surface area contributed by atoms with Gasteiger partial charge in [-0.2, -0.15) is 9.90 Å². The third-order valence-electron chi connectivity index (χ3n) is 12.1. The lowest BCUT2D eigenvalue weighted by molar-refractivity contribution is -1.04. The highest BCUT2D eigenvalue weighted by molar-refractivity contribution is 5.95. The zero-order chi connectivity index (χ0) is 44.4. The van der Waals surface area contributed by atoms with E-state index in [9.17, 15) is 39.9 Å². The van der Waals surface area contributed by atoms with Crippen molar-refractivity contribution in [3.8, 4) is 22.6 Å². The lowest BCUT2D eigenvalue weighted by Gasteiger charge is -2.41. The average molecular weight is 867 g/mol. The van der Waals surface area contributed by atoms with Gasteiger partial charge in [0.25, 0.3) is 0 Å². The molecule has 332 valence electrons. The number of benzene rings is 3. The number of carbonyl (C=O) groups excluding carboxylic acids is 1. The highest BCUT2D eigenvalue weighted by Crippen LogP contribution is 2.33. The number of hydroxylamine groups is 2. The molecule has 8 atom stereocenters. The first kappa shape index (κ1) is 43.9. The number of carbonyl (C=O) groups is 2. The van der Waals surface area contributed by atoms with Gasteiger partial charge in [-0.15, -0.1) is 0 Å². The molecule has 63 heavy (non-hydrogen) atoms. The fourth-order valence-electron chi connectivity index (χ4n) is 8.97. The van der Waals surface area contributed by atoms with E-state index in [4.69, 9.17) is 23.5 Å². The molecule has 1 unspecified atom stereocenters. The molecule has 4 aliphatic rings. The monoisotopic (exact) mass is 866 g/mol. The van der Waals surface area contributed by atoms with Crippen molar-refractivity contribution in [2.45, 2.75) is 95.2 Å². The van der Waals surface area contributed by atoms with Gasteiger partial charge >= 0.3 is 11.9 Å². The smallest absolute Gasteiger partial charge is 0.322 e. The van der Waals surface area contributed by atoms with Crippen LogP contribution in [0.5, 0.6) is 11.5 Å². The van der Waals surface area contributed by atoms with Crippen LogP contribution in [-0.2, 0) is 23.9 Å². The van der Waals surface area contributed by atoms with Crippen molar-refractivity contribution in [3.63, 3.8) is 0 Å². The molecular weight excluding hydrogens is 815 g/mol. The maximum Gasteiger partial charge on any atom is 0.322 e. The number of rotatable bonds is 15. The Morgan fingerprint density at radius 3 is 2.43 bits per heavy atom. The predicted molar refractivity (Wildman–Crippen MR) is 229 cm³/mol. The number of nitrogens with zero attached hydrogens (tertiary/aromatic N) is 1. The molecule has 8 rings (SSSR count). The van der Waals surface area contributed by atoms with E-state index >= 15 is 0 Å². The molecule has 16 nitrogen and oxygen atoms in total. The maximum atomic E-state index is 13.6. The van der Waals surface area contributed by atoms with Crippen LogP contribution in [0.3, 0.4) is 0 Å². The summed E-state index contributed by atoms with van der Waals surface area (Å²) in [7, 11) is 0. The highest BCUT2D eigenvalue weighted by atomic mass is 16.8. The van der Waals surface area contributed by atoms with Crippen molar-refractivity contribution in [3.05, 3.63) is 111 Å². The number of phenolic OH excluding ortho intramolecular Hbond substituents is 1. The molecule has 1 aromatic heterocycles. The molecule has 1 saturated carbocycles. The second-order valence-corrected chi connectivity index (χ2v) is 16.6. The van der Waals surface area contributed by atoms with E-state index in [2.05, 4.69) is 10.3 Å². The molecule has 0 bridgehead atoms. The minimum atomic E-state index is -1.71. The van der Waals surface area contributed by atoms with Crippen LogP contribution in [0.1, 0.15) is 55.2 Å². The Kier molecular flexibility index (Phi) is 13.2. The van der Waals surface area contributed by atoms with Gasteiger partial charge in [0.15, 0.2) is 17.0 Å². The molecule has 0 amide bonds. The van der Waals surface area contributed by atoms with Crippen molar-refractivity contribution < 1.29 is 63.7 Å². The number of carboxylic acid groups (broad SMARTS) is 1. The third kappa shape index (κ3) is 9.48. The topological polar surface area (TPSA) is 231 Å². The Balaban J connectivity index is 1.07. The van der Waals surface area contributed by atoms with Gasteiger partial charge in [0.05, 0.1) is 10.9 Å². The van der Waals surface area contributed by atoms with E-state index in [0.717, 1.165) is 54.4 Å². The summed E-state index contributed by atoms with van der Waals surface area (Å²) < 4.78 is 24.1. The number of aliphatic hydroxyl groups excluding tert-OH is 3. The second-order valence-electron chi connectivity index (χ2n) is 16.6. The van der Waals surface area contributed by atoms with E-state index in [1.165, 1.54) is 36.6 Å². The molecule has 2 fully saturated rings. The van der Waals surface area contributed by atoms with Gasteiger partial charge in [0, 0.05) is 42.1 Å². The minimum absolute atomic E-state index is 0.00984. The number of fused-ring (bicyclic) bond motifs is 2. The molecule has 0 radical (unpaired) electrons. The zero-order valence-electron chi connectivity index (χ0n) is 34.9. The summed E-state index contributed by atoms with van der Waals surface area (Å²) in [6.45, 7) is 3.26. The first-order valence-electron chi connectivity index (χ1n) is 21.3. The number of ether oxygens (including phenoxy) is 3. The predicted octanol–water partition coefficient (Wildman–Crippen LogP) is 3.10. The van der Waals surface area contributed by atoms with E-state index in [0.29, 0.717) is 28.6 Å². The van der Waals surface area contributed by atoms with E-state index in [1.54, 1.807) is 18.3 Å². The standard InChI is InChI=1S/C47H51N3O13/c1-25-18-26(2)20-29(19-25)40-39-28(14-16-48-39)22-50(40)63-44-43(55)42(54)37(24-60-46(58)38(45(56)57)35(15-17-51)49-30-6-4-3-5-7-30)62-47(44)61-32-12-13-33-36(21-32)59-23-34(41(33)53)27-8-10-31(52)11-9-27/h8-14,16,18-21,23,30,35,37-38,42-44,47,49,51-52,54-55H,3-7,15,17,22,24H2,1-2H3,(H,56,57)/p+1/t35-,37-,38-,42-,43+,44-,47-/m0/s1. The number of hydrogen-bond donors (Lipinski definition) is 7.